The topological polar surface area (TPSA) is 52.7 Å². The number of piperidine rings is 1. The van der Waals surface area contributed by atoms with E-state index in [9.17, 15) is 22.8 Å². The third-order valence-corrected chi connectivity index (χ3v) is 6.89. The number of hydrogen-bond donors (Lipinski definition) is 1. The van der Waals surface area contributed by atoms with E-state index in [1.165, 1.54) is 12.1 Å². The highest BCUT2D eigenvalue weighted by Gasteiger charge is 2.46. The van der Waals surface area contributed by atoms with Gasteiger partial charge in [0.25, 0.3) is 0 Å². The lowest BCUT2D eigenvalue weighted by Crippen LogP contribution is -2.54. The highest BCUT2D eigenvalue weighted by Crippen LogP contribution is 2.44. The Kier molecular flexibility index (Phi) is 6.36. The second kappa shape index (κ2) is 8.45. The van der Waals surface area contributed by atoms with Gasteiger partial charge in [-0.2, -0.15) is 13.2 Å². The fourth-order valence-electron chi connectivity index (χ4n) is 3.87. The SMILES string of the molecule is CC(C)CC(=O)N1CCSC12CCN(C(=O)Nc1cccc(C(F)(F)F)c1)CC2. The number of nitrogens with one attached hydrogen (secondary N) is 1. The average Bonchev–Trinajstić information content (AvgIpc) is 3.04. The molecule has 0 unspecified atom stereocenters. The predicted octanol–water partition coefficient (Wildman–Crippen LogP) is 4.65. The minimum Gasteiger partial charge on any atom is -0.327 e. The Balaban J connectivity index is 1.60. The second-order valence-corrected chi connectivity index (χ2v) is 9.39. The molecule has 0 saturated carbocycles. The summed E-state index contributed by atoms with van der Waals surface area (Å²) in [6.07, 6.45) is -2.61. The molecule has 5 nitrogen and oxygen atoms in total. The maximum atomic E-state index is 12.9. The van der Waals surface area contributed by atoms with Gasteiger partial charge in [0.05, 0.1) is 10.4 Å². The number of amides is 3. The molecule has 1 aromatic rings. The number of anilines is 1. The molecule has 2 fully saturated rings. The summed E-state index contributed by atoms with van der Waals surface area (Å²) in [6, 6.07) is 4.21. The third-order valence-electron chi connectivity index (χ3n) is 5.33. The number of alkyl halides is 3. The van der Waals surface area contributed by atoms with Crippen molar-refractivity contribution < 1.29 is 22.8 Å². The van der Waals surface area contributed by atoms with Gasteiger partial charge in [-0.15, -0.1) is 11.8 Å². The molecule has 0 aromatic heterocycles. The predicted molar refractivity (Wildman–Crippen MR) is 108 cm³/mol. The Morgan fingerprint density at radius 1 is 1.21 bits per heavy atom. The first-order chi connectivity index (χ1) is 13.6. The Hall–Kier alpha value is -1.90. The van der Waals surface area contributed by atoms with Gasteiger partial charge in [-0.25, -0.2) is 4.79 Å². The molecule has 2 saturated heterocycles. The van der Waals surface area contributed by atoms with Gasteiger partial charge in [0.1, 0.15) is 0 Å². The fourth-order valence-corrected chi connectivity index (χ4v) is 5.34. The van der Waals surface area contributed by atoms with Gasteiger partial charge >= 0.3 is 12.2 Å². The highest BCUT2D eigenvalue weighted by molar-refractivity contribution is 8.00. The molecule has 0 atom stereocenters. The van der Waals surface area contributed by atoms with Crippen LogP contribution in [0.4, 0.5) is 23.7 Å². The Bertz CT molecular complexity index is 762. The lowest BCUT2D eigenvalue weighted by atomic mass is 10.0. The number of urea groups is 1. The van der Waals surface area contributed by atoms with Crippen LogP contribution in [0.2, 0.25) is 0 Å². The fraction of sp³-hybridized carbons (Fsp3) is 0.600. The molecule has 9 heteroatoms. The second-order valence-electron chi connectivity index (χ2n) is 7.93. The molecular formula is C20H26F3N3O2S. The van der Waals surface area contributed by atoms with Crippen molar-refractivity contribution in [1.82, 2.24) is 9.80 Å². The molecule has 1 N–H and O–H groups in total. The summed E-state index contributed by atoms with van der Waals surface area (Å²) in [5.74, 6) is 1.34. The third kappa shape index (κ3) is 4.99. The van der Waals surface area contributed by atoms with Crippen molar-refractivity contribution in [3.05, 3.63) is 29.8 Å². The molecule has 1 aromatic carbocycles. The maximum Gasteiger partial charge on any atom is 0.416 e. The number of nitrogens with zero attached hydrogens (tertiary/aromatic N) is 2. The standard InChI is InChI=1S/C20H26F3N3O2S/c1-14(2)12-17(27)26-10-11-29-19(26)6-8-25(9-7-19)18(28)24-16-5-3-4-15(13-16)20(21,22)23/h3-5,13-14H,6-12H2,1-2H3,(H,24,28). The summed E-state index contributed by atoms with van der Waals surface area (Å²) in [5.41, 5.74) is -0.677. The minimum atomic E-state index is -4.45. The Morgan fingerprint density at radius 2 is 1.90 bits per heavy atom. The van der Waals surface area contributed by atoms with E-state index in [-0.39, 0.29) is 16.5 Å². The zero-order valence-corrected chi connectivity index (χ0v) is 17.4. The van der Waals surface area contributed by atoms with E-state index in [2.05, 4.69) is 5.32 Å². The monoisotopic (exact) mass is 429 g/mol. The summed E-state index contributed by atoms with van der Waals surface area (Å²) >= 11 is 1.77. The lowest BCUT2D eigenvalue weighted by molar-refractivity contribution is -0.137. The molecule has 29 heavy (non-hydrogen) atoms. The Morgan fingerprint density at radius 3 is 2.52 bits per heavy atom. The molecule has 160 valence electrons. The van der Waals surface area contributed by atoms with Crippen molar-refractivity contribution in [2.24, 2.45) is 5.92 Å². The van der Waals surface area contributed by atoms with Gasteiger partial charge in [-0.1, -0.05) is 19.9 Å². The lowest BCUT2D eigenvalue weighted by Gasteiger charge is -2.44. The normalized spacial score (nSPS) is 19.1. The number of halogens is 3. The van der Waals surface area contributed by atoms with Crippen LogP contribution < -0.4 is 5.32 Å². The largest absolute Gasteiger partial charge is 0.416 e. The van der Waals surface area contributed by atoms with Crippen LogP contribution in [-0.2, 0) is 11.0 Å². The van der Waals surface area contributed by atoms with Crippen molar-refractivity contribution in [2.45, 2.75) is 44.2 Å². The molecule has 3 amide bonds. The van der Waals surface area contributed by atoms with E-state index in [0.29, 0.717) is 38.3 Å². The quantitative estimate of drug-likeness (QED) is 0.761. The number of carbonyl (C=O) groups is 2. The molecule has 2 heterocycles. The maximum absolute atomic E-state index is 12.9. The van der Waals surface area contributed by atoms with Crippen molar-refractivity contribution >= 4 is 29.4 Å². The summed E-state index contributed by atoms with van der Waals surface area (Å²) in [4.78, 5) is 28.5. The van der Waals surface area contributed by atoms with E-state index in [0.717, 1.165) is 24.4 Å². The van der Waals surface area contributed by atoms with E-state index in [1.807, 2.05) is 18.7 Å². The first-order valence-electron chi connectivity index (χ1n) is 9.78. The smallest absolute Gasteiger partial charge is 0.327 e. The number of carbonyl (C=O) groups excluding carboxylic acids is 2. The van der Waals surface area contributed by atoms with Crippen LogP contribution in [0.25, 0.3) is 0 Å². The Labute approximate surface area is 173 Å². The zero-order chi connectivity index (χ0) is 21.2. The van der Waals surface area contributed by atoms with Crippen LogP contribution in [0.15, 0.2) is 24.3 Å². The van der Waals surface area contributed by atoms with E-state index < -0.39 is 17.8 Å². The van der Waals surface area contributed by atoms with Crippen LogP contribution in [0, 0.1) is 5.92 Å². The number of rotatable bonds is 3. The van der Waals surface area contributed by atoms with Gasteiger partial charge in [0, 0.05) is 37.5 Å². The van der Waals surface area contributed by atoms with Crippen LogP contribution in [0.5, 0.6) is 0 Å². The van der Waals surface area contributed by atoms with Crippen LogP contribution in [0.1, 0.15) is 38.7 Å². The van der Waals surface area contributed by atoms with Crippen LogP contribution in [0.3, 0.4) is 0 Å². The summed E-state index contributed by atoms with van der Waals surface area (Å²) in [6.45, 7) is 5.70. The number of hydrogen-bond acceptors (Lipinski definition) is 3. The summed E-state index contributed by atoms with van der Waals surface area (Å²) < 4.78 is 38.6. The van der Waals surface area contributed by atoms with Gasteiger partial charge in [0.2, 0.25) is 5.91 Å². The number of likely N-dealkylation sites (tertiary alicyclic amines) is 1. The van der Waals surface area contributed by atoms with Crippen molar-refractivity contribution in [1.29, 1.82) is 0 Å². The van der Waals surface area contributed by atoms with Crippen molar-refractivity contribution in [2.75, 3.05) is 30.7 Å². The van der Waals surface area contributed by atoms with Gasteiger partial charge < -0.3 is 15.1 Å². The minimum absolute atomic E-state index is 0.120. The zero-order valence-electron chi connectivity index (χ0n) is 16.6. The van der Waals surface area contributed by atoms with Gasteiger partial charge in [-0.05, 0) is 37.0 Å². The molecule has 0 bridgehead atoms. The number of thioether (sulfide) groups is 1. The van der Waals surface area contributed by atoms with E-state index >= 15 is 0 Å². The van der Waals surface area contributed by atoms with Crippen molar-refractivity contribution in [3.8, 4) is 0 Å². The molecule has 1 spiro atoms. The molecule has 2 aliphatic rings. The molecular weight excluding hydrogens is 403 g/mol. The number of benzene rings is 1. The van der Waals surface area contributed by atoms with Gasteiger partial charge in [-0.3, -0.25) is 4.79 Å². The van der Waals surface area contributed by atoms with E-state index in [4.69, 9.17) is 0 Å². The van der Waals surface area contributed by atoms with E-state index in [1.54, 1.807) is 16.7 Å². The molecule has 0 aliphatic carbocycles. The highest BCUT2D eigenvalue weighted by atomic mass is 32.2. The van der Waals surface area contributed by atoms with Crippen molar-refractivity contribution in [3.63, 3.8) is 0 Å². The van der Waals surface area contributed by atoms with Crippen LogP contribution in [-0.4, -0.2) is 52.0 Å². The average molecular weight is 430 g/mol. The first-order valence-corrected chi connectivity index (χ1v) is 10.8. The van der Waals surface area contributed by atoms with Gasteiger partial charge in [0.15, 0.2) is 0 Å². The van der Waals surface area contributed by atoms with Crippen LogP contribution >= 0.6 is 11.8 Å². The summed E-state index contributed by atoms with van der Waals surface area (Å²) in [5, 5.41) is 2.56. The molecule has 3 rings (SSSR count). The molecule has 0 radical (unpaired) electrons. The summed E-state index contributed by atoms with van der Waals surface area (Å²) in [7, 11) is 0. The first kappa shape index (κ1) is 21.8. The molecule has 2 aliphatic heterocycles.